The van der Waals surface area contributed by atoms with Gasteiger partial charge in [0.15, 0.2) is 0 Å². The van der Waals surface area contributed by atoms with Crippen LogP contribution >= 0.6 is 0 Å². The Labute approximate surface area is 76.1 Å². The van der Waals surface area contributed by atoms with Gasteiger partial charge in [-0.3, -0.25) is 4.90 Å². The molecule has 0 N–H and O–H groups in total. The highest BCUT2D eigenvalue weighted by molar-refractivity contribution is 5.00. The van der Waals surface area contributed by atoms with Crippen LogP contribution in [-0.2, 0) is 0 Å². The van der Waals surface area contributed by atoms with Crippen LogP contribution < -0.4 is 0 Å². The average molecular weight is 167 g/mol. The number of hydrogen-bond acceptors (Lipinski definition) is 1. The first-order chi connectivity index (χ1) is 5.63. The van der Waals surface area contributed by atoms with Crippen LogP contribution in [-0.4, -0.2) is 23.5 Å². The third-order valence-corrected chi connectivity index (χ3v) is 3.80. The van der Waals surface area contributed by atoms with Gasteiger partial charge in [-0.15, -0.1) is 0 Å². The molecule has 0 amide bonds. The second-order valence-corrected chi connectivity index (χ2v) is 5.15. The third kappa shape index (κ3) is 1.39. The van der Waals surface area contributed by atoms with E-state index < -0.39 is 0 Å². The first kappa shape index (κ1) is 8.55. The smallest absolute Gasteiger partial charge is 0.00700 e. The summed E-state index contributed by atoms with van der Waals surface area (Å²) in [5.41, 5.74) is 0.788. The molecule has 0 aromatic carbocycles. The molecule has 0 radical (unpaired) electrons. The molecule has 1 heterocycles. The Hall–Kier alpha value is -0.0400. The molecule has 12 heavy (non-hydrogen) atoms. The summed E-state index contributed by atoms with van der Waals surface area (Å²) < 4.78 is 0. The molecule has 70 valence electrons. The second kappa shape index (κ2) is 2.73. The standard InChI is InChI=1S/C11H21N/c1-9(2)12-8-11(6-7-11)5-4-10(12)3/h9-10H,4-8H2,1-3H3/t10-/m1/s1. The van der Waals surface area contributed by atoms with Gasteiger partial charge in [0, 0.05) is 18.6 Å². The van der Waals surface area contributed by atoms with Crippen molar-refractivity contribution < 1.29 is 0 Å². The van der Waals surface area contributed by atoms with E-state index in [0.29, 0.717) is 0 Å². The quantitative estimate of drug-likeness (QED) is 0.580. The minimum Gasteiger partial charge on any atom is -0.298 e. The van der Waals surface area contributed by atoms with E-state index in [0.717, 1.165) is 17.5 Å². The van der Waals surface area contributed by atoms with Gasteiger partial charge in [-0.05, 0) is 51.9 Å². The molecule has 1 nitrogen and oxygen atoms in total. The van der Waals surface area contributed by atoms with Crippen molar-refractivity contribution in [3.05, 3.63) is 0 Å². The number of rotatable bonds is 1. The first-order valence-corrected chi connectivity index (χ1v) is 5.39. The zero-order chi connectivity index (χ0) is 8.77. The van der Waals surface area contributed by atoms with Gasteiger partial charge in [-0.1, -0.05) is 0 Å². The van der Waals surface area contributed by atoms with E-state index in [9.17, 15) is 0 Å². The summed E-state index contributed by atoms with van der Waals surface area (Å²) in [4.78, 5) is 2.69. The highest BCUT2D eigenvalue weighted by atomic mass is 15.2. The Morgan fingerprint density at radius 1 is 1.25 bits per heavy atom. The molecule has 0 aromatic rings. The Morgan fingerprint density at radius 2 is 1.92 bits per heavy atom. The monoisotopic (exact) mass is 167 g/mol. The number of nitrogens with zero attached hydrogens (tertiary/aromatic N) is 1. The van der Waals surface area contributed by atoms with Gasteiger partial charge < -0.3 is 0 Å². The predicted molar refractivity (Wildman–Crippen MR) is 52.2 cm³/mol. The Bertz CT molecular complexity index is 170. The lowest BCUT2D eigenvalue weighted by atomic mass is 9.90. The van der Waals surface area contributed by atoms with Crippen LogP contribution in [0, 0.1) is 5.41 Å². The van der Waals surface area contributed by atoms with Crippen molar-refractivity contribution in [2.75, 3.05) is 6.54 Å². The Balaban J connectivity index is 2.00. The SMILES string of the molecule is CC(C)N1CC2(CC[C@H]1C)CC2. The summed E-state index contributed by atoms with van der Waals surface area (Å²) in [5.74, 6) is 0. The normalized spacial score (nSPS) is 34.5. The van der Waals surface area contributed by atoms with E-state index in [2.05, 4.69) is 25.7 Å². The molecule has 1 atom stereocenters. The Kier molecular flexibility index (Phi) is 1.95. The van der Waals surface area contributed by atoms with E-state index in [4.69, 9.17) is 0 Å². The lowest BCUT2D eigenvalue weighted by Crippen LogP contribution is -2.46. The van der Waals surface area contributed by atoms with Gasteiger partial charge in [-0.25, -0.2) is 0 Å². The van der Waals surface area contributed by atoms with Crippen molar-refractivity contribution in [1.29, 1.82) is 0 Å². The van der Waals surface area contributed by atoms with Crippen molar-refractivity contribution in [3.8, 4) is 0 Å². The molecule has 1 spiro atoms. The van der Waals surface area contributed by atoms with Crippen molar-refractivity contribution in [1.82, 2.24) is 4.90 Å². The molecule has 2 aliphatic rings. The van der Waals surface area contributed by atoms with Crippen LogP contribution in [0.3, 0.4) is 0 Å². The van der Waals surface area contributed by atoms with E-state index in [1.54, 1.807) is 0 Å². The number of likely N-dealkylation sites (tertiary alicyclic amines) is 1. The minimum absolute atomic E-state index is 0.748. The van der Waals surface area contributed by atoms with Crippen molar-refractivity contribution in [3.63, 3.8) is 0 Å². The van der Waals surface area contributed by atoms with Crippen molar-refractivity contribution in [2.24, 2.45) is 5.41 Å². The maximum Gasteiger partial charge on any atom is 0.00700 e. The van der Waals surface area contributed by atoms with E-state index in [1.807, 2.05) is 0 Å². The summed E-state index contributed by atoms with van der Waals surface area (Å²) in [5, 5.41) is 0. The molecule has 1 aliphatic carbocycles. The maximum absolute atomic E-state index is 2.69. The molecule has 2 rings (SSSR count). The van der Waals surface area contributed by atoms with Crippen LogP contribution in [0.5, 0.6) is 0 Å². The molecule has 1 aliphatic heterocycles. The van der Waals surface area contributed by atoms with Crippen LogP contribution in [0.1, 0.15) is 46.5 Å². The molecule has 0 aromatic heterocycles. The van der Waals surface area contributed by atoms with Crippen LogP contribution in [0.15, 0.2) is 0 Å². The number of hydrogen-bond donors (Lipinski definition) is 0. The van der Waals surface area contributed by atoms with Gasteiger partial charge in [0.2, 0.25) is 0 Å². The molecule has 0 bridgehead atoms. The van der Waals surface area contributed by atoms with E-state index in [-0.39, 0.29) is 0 Å². The average Bonchev–Trinajstić information content (AvgIpc) is 2.76. The fraction of sp³-hybridized carbons (Fsp3) is 1.00. The second-order valence-electron chi connectivity index (χ2n) is 5.15. The molecule has 2 fully saturated rings. The van der Waals surface area contributed by atoms with Crippen LogP contribution in [0.25, 0.3) is 0 Å². The van der Waals surface area contributed by atoms with Crippen molar-refractivity contribution in [2.45, 2.75) is 58.5 Å². The molecule has 1 saturated heterocycles. The van der Waals surface area contributed by atoms with Crippen LogP contribution in [0.4, 0.5) is 0 Å². The van der Waals surface area contributed by atoms with Gasteiger partial charge >= 0.3 is 0 Å². The molecule has 0 unspecified atom stereocenters. The van der Waals surface area contributed by atoms with E-state index >= 15 is 0 Å². The fourth-order valence-corrected chi connectivity index (χ4v) is 2.58. The molecule has 1 saturated carbocycles. The number of piperidine rings is 1. The highest BCUT2D eigenvalue weighted by Gasteiger charge is 2.47. The summed E-state index contributed by atoms with van der Waals surface area (Å²) >= 11 is 0. The predicted octanol–water partition coefficient (Wildman–Crippen LogP) is 2.66. The molecular formula is C11H21N. The van der Waals surface area contributed by atoms with Gasteiger partial charge in [0.05, 0.1) is 0 Å². The van der Waals surface area contributed by atoms with Crippen molar-refractivity contribution >= 4 is 0 Å². The largest absolute Gasteiger partial charge is 0.298 e. The Morgan fingerprint density at radius 3 is 2.42 bits per heavy atom. The lowest BCUT2D eigenvalue weighted by Gasteiger charge is -2.41. The van der Waals surface area contributed by atoms with Crippen LogP contribution in [0.2, 0.25) is 0 Å². The summed E-state index contributed by atoms with van der Waals surface area (Å²) in [6, 6.07) is 1.58. The fourth-order valence-electron chi connectivity index (χ4n) is 2.58. The zero-order valence-corrected chi connectivity index (χ0v) is 8.64. The maximum atomic E-state index is 2.69. The summed E-state index contributed by atoms with van der Waals surface area (Å²) in [6.45, 7) is 8.43. The zero-order valence-electron chi connectivity index (χ0n) is 8.64. The molecule has 1 heteroatoms. The summed E-state index contributed by atoms with van der Waals surface area (Å²) in [7, 11) is 0. The van der Waals surface area contributed by atoms with E-state index in [1.165, 1.54) is 32.2 Å². The van der Waals surface area contributed by atoms with Gasteiger partial charge in [-0.2, -0.15) is 0 Å². The lowest BCUT2D eigenvalue weighted by molar-refractivity contribution is 0.0763. The van der Waals surface area contributed by atoms with Gasteiger partial charge in [0.25, 0.3) is 0 Å². The minimum atomic E-state index is 0.748. The van der Waals surface area contributed by atoms with Gasteiger partial charge in [0.1, 0.15) is 0 Å². The highest BCUT2D eigenvalue weighted by Crippen LogP contribution is 2.53. The third-order valence-electron chi connectivity index (χ3n) is 3.80. The summed E-state index contributed by atoms with van der Waals surface area (Å²) in [6.07, 6.45) is 5.93. The molecular weight excluding hydrogens is 146 g/mol. The topological polar surface area (TPSA) is 3.24 Å². The first-order valence-electron chi connectivity index (χ1n) is 5.39.